The van der Waals surface area contributed by atoms with E-state index in [4.69, 9.17) is 4.74 Å². The summed E-state index contributed by atoms with van der Waals surface area (Å²) in [6.45, 7) is 7.98. The number of carbonyl (C=O) groups is 1. The van der Waals surface area contributed by atoms with Crippen molar-refractivity contribution in [2.75, 3.05) is 30.3 Å². The molecular weight excluding hydrogens is 543 g/mol. The van der Waals surface area contributed by atoms with Gasteiger partial charge >= 0.3 is 6.18 Å². The number of amides is 1. The van der Waals surface area contributed by atoms with Crippen LogP contribution in [-0.4, -0.2) is 56.4 Å². The van der Waals surface area contributed by atoms with E-state index in [1.165, 1.54) is 30.7 Å². The number of halogens is 3. The van der Waals surface area contributed by atoms with Crippen LogP contribution in [-0.2, 0) is 11.0 Å². The molecule has 210 valence electrons. The fraction of sp³-hybridized carbons (Fsp3) is 0.370. The van der Waals surface area contributed by atoms with E-state index < -0.39 is 11.9 Å². The van der Waals surface area contributed by atoms with Crippen molar-refractivity contribution in [1.29, 1.82) is 0 Å². The van der Waals surface area contributed by atoms with Crippen LogP contribution in [0.3, 0.4) is 0 Å². The number of fused-ring (bicyclic) bond motifs is 1. The molecule has 0 bridgehead atoms. The molecule has 1 atom stereocenters. The molecule has 1 fully saturated rings. The van der Waals surface area contributed by atoms with Gasteiger partial charge in [-0.3, -0.25) is 4.79 Å². The van der Waals surface area contributed by atoms with Crippen LogP contribution in [0.2, 0.25) is 0 Å². The highest BCUT2D eigenvalue weighted by molar-refractivity contribution is 7.22. The van der Waals surface area contributed by atoms with E-state index >= 15 is 0 Å². The van der Waals surface area contributed by atoms with Gasteiger partial charge in [0.05, 0.1) is 10.4 Å². The number of likely N-dealkylation sites (tertiary alicyclic amines) is 1. The Balaban J connectivity index is 1.42. The Bertz CT molecular complexity index is 1530. The summed E-state index contributed by atoms with van der Waals surface area (Å²) in [5.41, 5.74) is 0.318. The lowest BCUT2D eigenvalue weighted by Gasteiger charge is -2.21. The van der Waals surface area contributed by atoms with Gasteiger partial charge in [0.15, 0.2) is 10.9 Å². The lowest BCUT2D eigenvalue weighted by Crippen LogP contribution is -2.29. The first-order chi connectivity index (χ1) is 19.1. The van der Waals surface area contributed by atoms with Gasteiger partial charge in [-0.15, -0.1) is 0 Å². The maximum Gasteiger partial charge on any atom is 0.433 e. The molecule has 0 radical (unpaired) electrons. The number of hydrogen-bond acceptors (Lipinski definition) is 9. The average molecular weight is 572 g/mol. The molecule has 9 nitrogen and oxygen atoms in total. The fourth-order valence-corrected chi connectivity index (χ4v) is 5.49. The van der Waals surface area contributed by atoms with Gasteiger partial charge in [-0.1, -0.05) is 17.4 Å². The van der Waals surface area contributed by atoms with Crippen LogP contribution in [0.15, 0.2) is 42.7 Å². The Morgan fingerprint density at radius 3 is 2.75 bits per heavy atom. The molecule has 0 aliphatic carbocycles. The molecular formula is C27H28F3N7O2S. The predicted octanol–water partition coefficient (Wildman–Crippen LogP) is 6.06. The van der Waals surface area contributed by atoms with Crippen molar-refractivity contribution in [3.63, 3.8) is 0 Å². The molecule has 0 saturated carbocycles. The van der Waals surface area contributed by atoms with Gasteiger partial charge in [0, 0.05) is 37.7 Å². The molecule has 3 aromatic heterocycles. The lowest BCUT2D eigenvalue weighted by molar-refractivity contribution is -0.141. The number of pyridine rings is 1. The van der Waals surface area contributed by atoms with Crippen molar-refractivity contribution in [2.24, 2.45) is 5.92 Å². The van der Waals surface area contributed by atoms with Gasteiger partial charge in [0.25, 0.3) is 0 Å². The van der Waals surface area contributed by atoms with Crippen molar-refractivity contribution in [2.45, 2.75) is 39.4 Å². The summed E-state index contributed by atoms with van der Waals surface area (Å²) in [4.78, 5) is 30.6. The zero-order chi connectivity index (χ0) is 28.4. The third-order valence-corrected chi connectivity index (χ3v) is 7.52. The van der Waals surface area contributed by atoms with Crippen molar-refractivity contribution in [3.05, 3.63) is 48.4 Å². The van der Waals surface area contributed by atoms with E-state index in [9.17, 15) is 18.0 Å². The number of alkyl halides is 3. The third kappa shape index (κ3) is 6.31. The number of carbonyl (C=O) groups excluding carboxylic acids is 1. The molecule has 1 aliphatic heterocycles. The summed E-state index contributed by atoms with van der Waals surface area (Å²) >= 11 is 1.31. The van der Waals surface area contributed by atoms with Gasteiger partial charge < -0.3 is 20.3 Å². The van der Waals surface area contributed by atoms with E-state index in [1.54, 1.807) is 18.2 Å². The zero-order valence-corrected chi connectivity index (χ0v) is 22.9. The lowest BCUT2D eigenvalue weighted by atomic mass is 10.1. The SMILES string of the molecule is CC(=O)Nc1nc2c(Oc3cc(-c4ccc(C(F)(F)F)nc4NC[C@H]4CCN(C(C)C)C4)ncn3)cccc2s1. The van der Waals surface area contributed by atoms with Crippen LogP contribution in [0.5, 0.6) is 11.6 Å². The molecule has 1 aromatic carbocycles. The Labute approximate surface area is 232 Å². The van der Waals surface area contributed by atoms with Crippen LogP contribution in [0.4, 0.5) is 24.1 Å². The summed E-state index contributed by atoms with van der Waals surface area (Å²) in [6.07, 6.45) is -2.34. The highest BCUT2D eigenvalue weighted by atomic mass is 32.1. The number of ether oxygens (including phenoxy) is 1. The Kier molecular flexibility index (Phi) is 7.86. The van der Waals surface area contributed by atoms with Gasteiger partial charge in [0.1, 0.15) is 23.4 Å². The van der Waals surface area contributed by atoms with Crippen LogP contribution in [0, 0.1) is 5.92 Å². The van der Waals surface area contributed by atoms with Crippen LogP contribution >= 0.6 is 11.3 Å². The van der Waals surface area contributed by atoms with Crippen molar-refractivity contribution < 1.29 is 22.7 Å². The Morgan fingerprint density at radius 1 is 1.20 bits per heavy atom. The summed E-state index contributed by atoms with van der Waals surface area (Å²) in [6, 6.07) is 9.63. The molecule has 0 unspecified atom stereocenters. The largest absolute Gasteiger partial charge is 0.437 e. The summed E-state index contributed by atoms with van der Waals surface area (Å²) in [7, 11) is 0. The molecule has 5 rings (SSSR count). The maximum atomic E-state index is 13.5. The van der Waals surface area contributed by atoms with Gasteiger partial charge in [-0.25, -0.2) is 19.9 Å². The minimum Gasteiger partial charge on any atom is -0.437 e. The zero-order valence-electron chi connectivity index (χ0n) is 22.1. The van der Waals surface area contributed by atoms with Crippen LogP contribution in [0.25, 0.3) is 21.5 Å². The molecule has 4 aromatic rings. The monoisotopic (exact) mass is 571 g/mol. The molecule has 40 heavy (non-hydrogen) atoms. The number of para-hydroxylation sites is 1. The standard InChI is InChI=1S/C27H28F3N7O2S/c1-15(2)37-10-9-17(13-37)12-31-25-18(7-8-22(35-25)27(28,29)30)19-11-23(33-14-32-19)39-20-5-4-6-21-24(20)36-26(40-21)34-16(3)38/h4-8,11,14-15,17H,9-10,12-13H2,1-3H3,(H,31,35)(H,34,36,38)/t17-/m1/s1. The molecule has 1 aliphatic rings. The number of hydrogen-bond donors (Lipinski definition) is 2. The van der Waals surface area contributed by atoms with Crippen molar-refractivity contribution in [1.82, 2.24) is 24.8 Å². The highest BCUT2D eigenvalue weighted by Gasteiger charge is 2.33. The van der Waals surface area contributed by atoms with E-state index in [0.29, 0.717) is 40.2 Å². The number of thiazole rings is 1. The van der Waals surface area contributed by atoms with Crippen LogP contribution < -0.4 is 15.4 Å². The number of nitrogens with zero attached hydrogens (tertiary/aromatic N) is 5. The maximum absolute atomic E-state index is 13.5. The normalized spacial score (nSPS) is 16.0. The van der Waals surface area contributed by atoms with Gasteiger partial charge in [-0.05, 0) is 57.0 Å². The molecule has 2 N–H and O–H groups in total. The summed E-state index contributed by atoms with van der Waals surface area (Å²) in [5, 5.41) is 6.26. The average Bonchev–Trinajstić information content (AvgIpc) is 3.54. The number of aromatic nitrogens is 4. The molecule has 1 saturated heterocycles. The molecule has 13 heteroatoms. The molecule has 1 amide bonds. The first-order valence-electron chi connectivity index (χ1n) is 12.8. The highest BCUT2D eigenvalue weighted by Crippen LogP contribution is 2.36. The van der Waals surface area contributed by atoms with Gasteiger partial charge in [0.2, 0.25) is 11.8 Å². The smallest absolute Gasteiger partial charge is 0.433 e. The second-order valence-corrected chi connectivity index (χ2v) is 10.9. The summed E-state index contributed by atoms with van der Waals surface area (Å²) in [5.74, 6) is 0.748. The Morgan fingerprint density at radius 2 is 2.02 bits per heavy atom. The quantitative estimate of drug-likeness (QED) is 0.263. The Hall–Kier alpha value is -3.84. The third-order valence-electron chi connectivity index (χ3n) is 6.59. The predicted molar refractivity (Wildman–Crippen MR) is 148 cm³/mol. The topological polar surface area (TPSA) is 105 Å². The fourth-order valence-electron chi connectivity index (χ4n) is 4.56. The number of anilines is 2. The minimum atomic E-state index is -4.58. The van der Waals surface area contributed by atoms with Crippen molar-refractivity contribution >= 4 is 38.4 Å². The summed E-state index contributed by atoms with van der Waals surface area (Å²) < 4.78 is 47.4. The van der Waals surface area contributed by atoms with E-state index in [-0.39, 0.29) is 23.5 Å². The van der Waals surface area contributed by atoms with Crippen LogP contribution in [0.1, 0.15) is 32.9 Å². The van der Waals surface area contributed by atoms with E-state index in [0.717, 1.165) is 30.3 Å². The van der Waals surface area contributed by atoms with Crippen molar-refractivity contribution in [3.8, 4) is 22.9 Å². The second kappa shape index (κ2) is 11.3. The van der Waals surface area contributed by atoms with E-state index in [1.807, 2.05) is 6.07 Å². The number of benzene rings is 1. The molecule has 4 heterocycles. The van der Waals surface area contributed by atoms with E-state index in [2.05, 4.69) is 49.3 Å². The van der Waals surface area contributed by atoms with Gasteiger partial charge in [-0.2, -0.15) is 13.2 Å². The molecule has 0 spiro atoms. The number of nitrogens with one attached hydrogen (secondary N) is 2. The first-order valence-corrected chi connectivity index (χ1v) is 13.6. The second-order valence-electron chi connectivity index (χ2n) is 9.86. The first kappa shape index (κ1) is 27.7. The minimum absolute atomic E-state index is 0.101. The number of rotatable bonds is 8.